The van der Waals surface area contributed by atoms with Gasteiger partial charge in [-0.2, -0.15) is 0 Å². The van der Waals surface area contributed by atoms with E-state index in [1.54, 1.807) is 12.1 Å². The summed E-state index contributed by atoms with van der Waals surface area (Å²) in [6.45, 7) is 6.58. The molecule has 0 atom stereocenters. The lowest BCUT2D eigenvalue weighted by Gasteiger charge is -2.13. The number of ether oxygens (including phenoxy) is 2. The third-order valence-corrected chi connectivity index (χ3v) is 5.19. The Labute approximate surface area is 181 Å². The second-order valence-electron chi connectivity index (χ2n) is 6.75. The summed E-state index contributed by atoms with van der Waals surface area (Å²) in [5.74, 6) is 1.48. The van der Waals surface area contributed by atoms with Crippen LogP contribution in [-0.2, 0) is 0 Å². The lowest BCUT2D eigenvalue weighted by atomic mass is 9.94. The molecule has 2 aromatic carbocycles. The normalized spacial score (nSPS) is 10.8. The molecule has 7 heteroatoms. The molecule has 1 N–H and O–H groups in total. The Morgan fingerprint density at radius 2 is 1.73 bits per heavy atom. The highest BCUT2D eigenvalue weighted by molar-refractivity contribution is 6.34. The number of hydrogen-bond donors (Lipinski definition) is 1. The van der Waals surface area contributed by atoms with E-state index in [4.69, 9.17) is 21.1 Å². The van der Waals surface area contributed by atoms with Gasteiger partial charge in [-0.25, -0.2) is 9.48 Å². The standard InChI is InChI=1S/C23H26ClN3O3/c1-4-16(5-2)17-12-14-19(15-13-17)30-23(28)25-21-20(24)22(29-6-3)26-27(21)18-10-8-7-9-11-18/h7-16H,4-6H2,1-3H3,(H,25,28). The van der Waals surface area contributed by atoms with E-state index in [0.29, 0.717) is 18.3 Å². The van der Waals surface area contributed by atoms with Crippen LogP contribution in [0.3, 0.4) is 0 Å². The quantitative estimate of drug-likeness (QED) is 0.449. The number of hydrogen-bond acceptors (Lipinski definition) is 4. The molecule has 0 radical (unpaired) electrons. The van der Waals surface area contributed by atoms with Gasteiger partial charge in [-0.3, -0.25) is 5.32 Å². The number of halogens is 1. The summed E-state index contributed by atoms with van der Waals surface area (Å²) in [5, 5.41) is 7.27. The monoisotopic (exact) mass is 427 g/mol. The lowest BCUT2D eigenvalue weighted by molar-refractivity contribution is 0.215. The van der Waals surface area contributed by atoms with Crippen molar-refractivity contribution in [1.82, 2.24) is 9.78 Å². The fraction of sp³-hybridized carbons (Fsp3) is 0.304. The van der Waals surface area contributed by atoms with Gasteiger partial charge in [-0.05, 0) is 55.5 Å². The molecule has 0 bridgehead atoms. The van der Waals surface area contributed by atoms with E-state index in [9.17, 15) is 4.79 Å². The summed E-state index contributed by atoms with van der Waals surface area (Å²) in [6, 6.07) is 16.9. The van der Waals surface area contributed by atoms with Gasteiger partial charge in [0.1, 0.15) is 10.8 Å². The SMILES string of the molecule is CCOc1nn(-c2ccccc2)c(NC(=O)Oc2ccc(C(CC)CC)cc2)c1Cl. The van der Waals surface area contributed by atoms with Crippen molar-refractivity contribution in [1.29, 1.82) is 0 Å². The fourth-order valence-corrected chi connectivity index (χ4v) is 3.49. The maximum absolute atomic E-state index is 12.5. The minimum atomic E-state index is -0.660. The highest BCUT2D eigenvalue weighted by Crippen LogP contribution is 2.34. The topological polar surface area (TPSA) is 65.4 Å². The molecule has 1 heterocycles. The van der Waals surface area contributed by atoms with Gasteiger partial charge < -0.3 is 9.47 Å². The predicted molar refractivity (Wildman–Crippen MR) is 119 cm³/mol. The summed E-state index contributed by atoms with van der Waals surface area (Å²) in [7, 11) is 0. The number of anilines is 1. The zero-order valence-electron chi connectivity index (χ0n) is 17.4. The molecule has 3 aromatic rings. The van der Waals surface area contributed by atoms with Crippen LogP contribution in [0.1, 0.15) is 45.1 Å². The van der Waals surface area contributed by atoms with Gasteiger partial charge in [-0.15, -0.1) is 5.10 Å². The van der Waals surface area contributed by atoms with Crippen molar-refractivity contribution < 1.29 is 14.3 Å². The number of nitrogens with zero attached hydrogens (tertiary/aromatic N) is 2. The molecule has 0 spiro atoms. The van der Waals surface area contributed by atoms with E-state index in [1.165, 1.54) is 10.2 Å². The number of rotatable bonds is 8. The number of amides is 1. The molecular weight excluding hydrogens is 402 g/mol. The Morgan fingerprint density at radius 1 is 1.07 bits per heavy atom. The number of aromatic nitrogens is 2. The smallest absolute Gasteiger partial charge is 0.418 e. The van der Waals surface area contributed by atoms with Crippen LogP contribution in [0.2, 0.25) is 5.02 Å². The second kappa shape index (κ2) is 10.2. The number of carbonyl (C=O) groups is 1. The van der Waals surface area contributed by atoms with Crippen molar-refractivity contribution in [3.8, 4) is 17.3 Å². The molecular formula is C23H26ClN3O3. The van der Waals surface area contributed by atoms with E-state index in [2.05, 4.69) is 24.3 Å². The predicted octanol–water partition coefficient (Wildman–Crippen LogP) is 6.44. The number of para-hydroxylation sites is 1. The van der Waals surface area contributed by atoms with E-state index in [-0.39, 0.29) is 16.7 Å². The summed E-state index contributed by atoms with van der Waals surface area (Å²) < 4.78 is 12.4. The summed E-state index contributed by atoms with van der Waals surface area (Å²) in [6.07, 6.45) is 1.48. The van der Waals surface area contributed by atoms with Crippen LogP contribution in [0.15, 0.2) is 54.6 Å². The molecule has 0 fully saturated rings. The first-order valence-corrected chi connectivity index (χ1v) is 10.5. The van der Waals surface area contributed by atoms with Crippen molar-refractivity contribution in [2.24, 2.45) is 0 Å². The zero-order chi connectivity index (χ0) is 21.5. The zero-order valence-corrected chi connectivity index (χ0v) is 18.1. The Balaban J connectivity index is 1.79. The largest absolute Gasteiger partial charge is 0.476 e. The highest BCUT2D eigenvalue weighted by Gasteiger charge is 2.21. The van der Waals surface area contributed by atoms with Crippen LogP contribution >= 0.6 is 11.6 Å². The van der Waals surface area contributed by atoms with Crippen molar-refractivity contribution in [3.63, 3.8) is 0 Å². The summed E-state index contributed by atoms with van der Waals surface area (Å²) in [4.78, 5) is 12.5. The molecule has 158 valence electrons. The van der Waals surface area contributed by atoms with Gasteiger partial charge >= 0.3 is 6.09 Å². The van der Waals surface area contributed by atoms with E-state index < -0.39 is 6.09 Å². The molecule has 1 aromatic heterocycles. The highest BCUT2D eigenvalue weighted by atomic mass is 35.5. The van der Waals surface area contributed by atoms with Gasteiger partial charge in [0.2, 0.25) is 0 Å². The fourth-order valence-electron chi connectivity index (χ4n) is 3.27. The molecule has 0 unspecified atom stereocenters. The molecule has 0 saturated carbocycles. The Morgan fingerprint density at radius 3 is 2.33 bits per heavy atom. The molecule has 0 aliphatic heterocycles. The first-order chi connectivity index (χ1) is 14.6. The molecule has 0 aliphatic rings. The average molecular weight is 428 g/mol. The van der Waals surface area contributed by atoms with Crippen LogP contribution in [0, 0.1) is 0 Å². The number of benzene rings is 2. The molecule has 0 aliphatic carbocycles. The number of nitrogens with one attached hydrogen (secondary N) is 1. The summed E-state index contributed by atoms with van der Waals surface area (Å²) in [5.41, 5.74) is 1.97. The maximum Gasteiger partial charge on any atom is 0.418 e. The summed E-state index contributed by atoms with van der Waals surface area (Å²) >= 11 is 6.41. The van der Waals surface area contributed by atoms with Crippen LogP contribution in [0.4, 0.5) is 10.6 Å². The van der Waals surface area contributed by atoms with Gasteiger partial charge in [0.15, 0.2) is 5.82 Å². The van der Waals surface area contributed by atoms with Crippen LogP contribution in [0.5, 0.6) is 11.6 Å². The lowest BCUT2D eigenvalue weighted by Crippen LogP contribution is -2.19. The molecule has 30 heavy (non-hydrogen) atoms. The minimum Gasteiger partial charge on any atom is -0.476 e. The van der Waals surface area contributed by atoms with Crippen LogP contribution in [0.25, 0.3) is 5.69 Å². The first kappa shape index (κ1) is 21.7. The van der Waals surface area contributed by atoms with Gasteiger partial charge in [-0.1, -0.05) is 55.8 Å². The van der Waals surface area contributed by atoms with Crippen molar-refractivity contribution in [2.75, 3.05) is 11.9 Å². The maximum atomic E-state index is 12.5. The number of carbonyl (C=O) groups excluding carboxylic acids is 1. The van der Waals surface area contributed by atoms with E-state index in [1.807, 2.05) is 49.4 Å². The molecule has 6 nitrogen and oxygen atoms in total. The van der Waals surface area contributed by atoms with Crippen molar-refractivity contribution in [3.05, 3.63) is 65.2 Å². The molecule has 3 rings (SSSR count). The van der Waals surface area contributed by atoms with E-state index >= 15 is 0 Å². The van der Waals surface area contributed by atoms with Crippen LogP contribution < -0.4 is 14.8 Å². The van der Waals surface area contributed by atoms with Gasteiger partial charge in [0.05, 0.1) is 12.3 Å². The third-order valence-electron chi connectivity index (χ3n) is 4.85. The van der Waals surface area contributed by atoms with Crippen LogP contribution in [-0.4, -0.2) is 22.5 Å². The van der Waals surface area contributed by atoms with Crippen molar-refractivity contribution in [2.45, 2.75) is 39.5 Å². The van der Waals surface area contributed by atoms with Gasteiger partial charge in [0, 0.05) is 0 Å². The Kier molecular flexibility index (Phi) is 7.36. The van der Waals surface area contributed by atoms with Crippen molar-refractivity contribution >= 4 is 23.5 Å². The second-order valence-corrected chi connectivity index (χ2v) is 7.12. The Bertz CT molecular complexity index is 967. The van der Waals surface area contributed by atoms with E-state index in [0.717, 1.165) is 18.5 Å². The molecule has 0 saturated heterocycles. The van der Waals surface area contributed by atoms with Gasteiger partial charge in [0.25, 0.3) is 5.88 Å². The third kappa shape index (κ3) is 4.94. The molecule has 1 amide bonds. The average Bonchev–Trinajstić information content (AvgIpc) is 3.06. The Hall–Kier alpha value is -2.99. The first-order valence-electron chi connectivity index (χ1n) is 10.1. The minimum absolute atomic E-state index is 0.210.